The zero-order chi connectivity index (χ0) is 47.9. The van der Waals surface area contributed by atoms with Crippen molar-refractivity contribution in [2.24, 2.45) is 11.3 Å². The zero-order valence-electron chi connectivity index (χ0n) is 42.1. The lowest BCUT2D eigenvalue weighted by Crippen LogP contribution is -2.16. The van der Waals surface area contributed by atoms with Gasteiger partial charge < -0.3 is 9.80 Å². The van der Waals surface area contributed by atoms with Gasteiger partial charge in [0.2, 0.25) is 0 Å². The van der Waals surface area contributed by atoms with E-state index in [4.69, 9.17) is 0 Å². The minimum atomic E-state index is -0.106. The molecule has 0 aromatic heterocycles. The molecular weight excluding hydrogens is 749 g/mol. The van der Waals surface area contributed by atoms with Crippen LogP contribution in [0.4, 0.5) is 11.4 Å². The van der Waals surface area contributed by atoms with Crippen molar-refractivity contribution in [1.82, 2.24) is 4.90 Å². The first-order valence-electron chi connectivity index (χ1n) is 22.7. The van der Waals surface area contributed by atoms with Crippen LogP contribution >= 0.6 is 0 Å². The summed E-state index contributed by atoms with van der Waals surface area (Å²) in [5.74, 6) is 0.417. The number of nitrogens with zero attached hydrogens (tertiary/aromatic N) is 2. The van der Waals surface area contributed by atoms with Crippen LogP contribution in [-0.4, -0.2) is 25.0 Å². The number of hydrogen-bond donors (Lipinski definition) is 0. The van der Waals surface area contributed by atoms with E-state index in [0.29, 0.717) is 5.92 Å². The summed E-state index contributed by atoms with van der Waals surface area (Å²) in [6, 6.07) is 21.1. The number of allylic oxidation sites excluding steroid dienone is 20. The largest absolute Gasteiger partial charge is 0.377 e. The highest BCUT2D eigenvalue weighted by Crippen LogP contribution is 2.49. The fraction of sp³-hybridized carbons (Fsp3) is 0.333. The molecular formula is C60H88N2. The van der Waals surface area contributed by atoms with Crippen LogP contribution in [0.25, 0.3) is 0 Å². The maximum atomic E-state index is 4.37. The fourth-order valence-electron chi connectivity index (χ4n) is 6.13. The molecule has 0 amide bonds. The van der Waals surface area contributed by atoms with Gasteiger partial charge in [0.05, 0.1) is 0 Å². The third-order valence-corrected chi connectivity index (χ3v) is 9.52. The first-order valence-corrected chi connectivity index (χ1v) is 22.7. The molecule has 4 rings (SSSR count). The van der Waals surface area contributed by atoms with Crippen LogP contribution in [0, 0.1) is 11.3 Å². The monoisotopic (exact) mass is 837 g/mol. The third kappa shape index (κ3) is 22.3. The number of benzene rings is 2. The lowest BCUT2D eigenvalue weighted by atomic mass is 9.79. The zero-order valence-corrected chi connectivity index (χ0v) is 42.1. The Morgan fingerprint density at radius 3 is 1.58 bits per heavy atom. The van der Waals surface area contributed by atoms with Gasteiger partial charge in [0.15, 0.2) is 0 Å². The molecule has 1 unspecified atom stereocenters. The van der Waals surface area contributed by atoms with Gasteiger partial charge in [-0.1, -0.05) is 216 Å². The Morgan fingerprint density at radius 2 is 1.19 bits per heavy atom. The van der Waals surface area contributed by atoms with Crippen LogP contribution < -0.4 is 4.90 Å². The molecule has 0 fully saturated rings. The van der Waals surface area contributed by atoms with Crippen LogP contribution in [0.3, 0.4) is 0 Å². The number of likely N-dealkylation sites (N-methyl/N-ethyl adjacent to an activating group) is 1. The Kier molecular flexibility index (Phi) is 37.5. The van der Waals surface area contributed by atoms with E-state index in [1.807, 2.05) is 129 Å². The molecule has 0 N–H and O–H groups in total. The van der Waals surface area contributed by atoms with Crippen molar-refractivity contribution in [3.05, 3.63) is 230 Å². The summed E-state index contributed by atoms with van der Waals surface area (Å²) in [6.45, 7) is 50.1. The predicted molar refractivity (Wildman–Crippen MR) is 288 cm³/mol. The molecule has 2 aliphatic rings. The van der Waals surface area contributed by atoms with E-state index in [1.165, 1.54) is 50.4 Å². The first-order chi connectivity index (χ1) is 29.9. The minimum absolute atomic E-state index is 0.106. The molecule has 0 heterocycles. The van der Waals surface area contributed by atoms with Gasteiger partial charge in [-0.2, -0.15) is 0 Å². The predicted octanol–water partition coefficient (Wildman–Crippen LogP) is 18.5. The van der Waals surface area contributed by atoms with Crippen molar-refractivity contribution in [2.45, 2.75) is 103 Å². The smallest absolute Gasteiger partial charge is 0.0415 e. The van der Waals surface area contributed by atoms with Crippen molar-refractivity contribution in [3.63, 3.8) is 0 Å². The van der Waals surface area contributed by atoms with Gasteiger partial charge in [-0.25, -0.2) is 0 Å². The molecule has 0 saturated carbocycles. The van der Waals surface area contributed by atoms with E-state index in [9.17, 15) is 0 Å². The van der Waals surface area contributed by atoms with Gasteiger partial charge in [0.25, 0.3) is 0 Å². The quantitative estimate of drug-likeness (QED) is 0.138. The molecule has 0 bridgehead atoms. The second-order valence-corrected chi connectivity index (χ2v) is 14.1. The van der Waals surface area contributed by atoms with Crippen LogP contribution in [0.15, 0.2) is 230 Å². The summed E-state index contributed by atoms with van der Waals surface area (Å²) < 4.78 is 0. The molecule has 0 spiro atoms. The van der Waals surface area contributed by atoms with Gasteiger partial charge >= 0.3 is 0 Å². The first kappa shape index (κ1) is 60.7. The molecule has 2 heteroatoms. The topological polar surface area (TPSA) is 6.48 Å². The van der Waals surface area contributed by atoms with Gasteiger partial charge in [-0.15, -0.1) is 13.2 Å². The maximum Gasteiger partial charge on any atom is 0.0415 e. The molecule has 0 saturated heterocycles. The third-order valence-electron chi connectivity index (χ3n) is 9.52. The highest BCUT2D eigenvalue weighted by Gasteiger charge is 2.35. The van der Waals surface area contributed by atoms with Crippen molar-refractivity contribution >= 4 is 11.4 Å². The standard InChI is InChI=1S/C34H37N.C11H17N.C5H8.C4H8.3C2H6/c1-8-32-31(27(5)33(34(32,6)7)23-28-22-24(2)25(3)26(28)4)20-15-21-35(29-16-11-9-12-17-29)30-18-13-10-14-19-30;1-4-6-7-8-9-11-12(3)10-5-2;1-3-5-4-2;1-3-4-2;3*1-2/h8-20,22-23,25H,1,4,21H2,2-3,5-7H3;4-9,11H,2,10H2,1,3H3;3-5H,1H2,2H3;3H,1,4H2,2H3;3*1-2H3/b20-15-,28-23-;6-4-,8-7-,11-9+;5-4-;;;;. The van der Waals surface area contributed by atoms with Crippen molar-refractivity contribution < 1.29 is 0 Å². The summed E-state index contributed by atoms with van der Waals surface area (Å²) in [6.07, 6.45) is 33.7. The van der Waals surface area contributed by atoms with E-state index in [0.717, 1.165) is 19.5 Å². The van der Waals surface area contributed by atoms with E-state index in [1.54, 1.807) is 6.08 Å². The number of rotatable bonds is 14. The number of para-hydroxylation sites is 2. The fourth-order valence-corrected chi connectivity index (χ4v) is 6.13. The summed E-state index contributed by atoms with van der Waals surface area (Å²) >= 11 is 0. The molecule has 62 heavy (non-hydrogen) atoms. The summed E-state index contributed by atoms with van der Waals surface area (Å²) in [4.78, 5) is 4.40. The van der Waals surface area contributed by atoms with Crippen LogP contribution in [-0.2, 0) is 0 Å². The molecule has 0 radical (unpaired) electrons. The molecule has 2 aromatic rings. The maximum absolute atomic E-state index is 4.37. The minimum Gasteiger partial charge on any atom is -0.377 e. The molecule has 338 valence electrons. The van der Waals surface area contributed by atoms with E-state index >= 15 is 0 Å². The Bertz CT molecular complexity index is 1790. The highest BCUT2D eigenvalue weighted by molar-refractivity contribution is 5.67. The summed E-state index contributed by atoms with van der Waals surface area (Å²) in [7, 11) is 2.02. The Balaban J connectivity index is -0.00000106. The lowest BCUT2D eigenvalue weighted by molar-refractivity contribution is 0.510. The molecule has 2 aliphatic carbocycles. The van der Waals surface area contributed by atoms with Gasteiger partial charge in [0.1, 0.15) is 0 Å². The summed E-state index contributed by atoms with van der Waals surface area (Å²) in [5.41, 5.74) is 11.3. The number of hydrogen-bond acceptors (Lipinski definition) is 2. The molecule has 2 nitrogen and oxygen atoms in total. The van der Waals surface area contributed by atoms with E-state index in [2.05, 4.69) is 169 Å². The van der Waals surface area contributed by atoms with Crippen molar-refractivity contribution in [2.75, 3.05) is 25.0 Å². The average molecular weight is 837 g/mol. The number of anilines is 2. The van der Waals surface area contributed by atoms with Crippen molar-refractivity contribution in [3.8, 4) is 0 Å². The van der Waals surface area contributed by atoms with Crippen molar-refractivity contribution in [1.29, 1.82) is 0 Å². The van der Waals surface area contributed by atoms with E-state index in [-0.39, 0.29) is 5.41 Å². The van der Waals surface area contributed by atoms with Gasteiger partial charge in [-0.05, 0) is 104 Å². The van der Waals surface area contributed by atoms with Crippen LogP contribution in [0.2, 0.25) is 0 Å². The van der Waals surface area contributed by atoms with Gasteiger partial charge in [-0.3, -0.25) is 0 Å². The molecule has 0 aliphatic heterocycles. The van der Waals surface area contributed by atoms with Crippen LogP contribution in [0.5, 0.6) is 0 Å². The van der Waals surface area contributed by atoms with E-state index < -0.39 is 0 Å². The second-order valence-electron chi connectivity index (χ2n) is 14.1. The SMILES string of the molecule is C=C/C=C\C.C=CC1=C(/C=C\CN(c2ccccc2)c2ccccc2)C(C)=C(/C=C2/C=C(C)C(C)C2=C)C1(C)C.C=CCC.C=CCN(C)/C=C/C=C\C=C/C.CC.CC.CC. The molecule has 2 aromatic carbocycles. The average Bonchev–Trinajstić information content (AvgIpc) is 3.65. The molecule has 1 atom stereocenters. The normalized spacial score (nSPS) is 15.5. The Hall–Kier alpha value is -5.60. The summed E-state index contributed by atoms with van der Waals surface area (Å²) in [5, 5.41) is 0. The Morgan fingerprint density at radius 1 is 0.694 bits per heavy atom. The Labute approximate surface area is 384 Å². The van der Waals surface area contributed by atoms with Crippen LogP contribution in [0.1, 0.15) is 103 Å². The second kappa shape index (κ2) is 38.3. The highest BCUT2D eigenvalue weighted by atomic mass is 15.1. The van der Waals surface area contributed by atoms with Gasteiger partial charge in [0, 0.05) is 42.8 Å². The lowest BCUT2D eigenvalue weighted by Gasteiger charge is -2.25.